The van der Waals surface area contributed by atoms with Crippen LogP contribution in [0, 0.1) is 17.5 Å². The van der Waals surface area contributed by atoms with Crippen molar-refractivity contribution in [2.24, 2.45) is 0 Å². The van der Waals surface area contributed by atoms with Crippen LogP contribution >= 0.6 is 0 Å². The molecule has 3 aromatic carbocycles. The standard InChI is InChI=1S/C27H23F3N4O/c1-17-16-33(25(35)14-19-8-11-21(29)15-24(19)30)12-13-34(17)27-23-5-3-2-4-22(23)26(31-32-27)18-6-9-20(28)10-7-18/h2-11,15,17H,12-14,16H2,1H3/t17-/m0/s1. The molecule has 35 heavy (non-hydrogen) atoms. The van der Waals surface area contributed by atoms with Crippen molar-refractivity contribution in [1.82, 2.24) is 15.1 Å². The first kappa shape index (κ1) is 22.8. The number of piperazine rings is 1. The first-order chi connectivity index (χ1) is 16.9. The maximum absolute atomic E-state index is 14.0. The van der Waals surface area contributed by atoms with Gasteiger partial charge in [0.25, 0.3) is 0 Å². The molecular formula is C27H23F3N4O. The number of nitrogens with zero attached hydrogens (tertiary/aromatic N) is 4. The predicted molar refractivity (Wildman–Crippen MR) is 128 cm³/mol. The van der Waals surface area contributed by atoms with Gasteiger partial charge in [0.2, 0.25) is 5.91 Å². The molecule has 0 N–H and O–H groups in total. The Bertz CT molecular complexity index is 1390. The molecule has 1 aliphatic heterocycles. The molecule has 0 bridgehead atoms. The van der Waals surface area contributed by atoms with Gasteiger partial charge in [-0.3, -0.25) is 4.79 Å². The Morgan fingerprint density at radius 3 is 2.34 bits per heavy atom. The number of carbonyl (C=O) groups is 1. The van der Waals surface area contributed by atoms with Crippen LogP contribution in [-0.2, 0) is 11.2 Å². The van der Waals surface area contributed by atoms with Crippen molar-refractivity contribution < 1.29 is 18.0 Å². The Morgan fingerprint density at radius 2 is 1.63 bits per heavy atom. The van der Waals surface area contributed by atoms with Gasteiger partial charge in [0.05, 0.1) is 6.42 Å². The molecular weight excluding hydrogens is 453 g/mol. The molecule has 1 aromatic heterocycles. The van der Waals surface area contributed by atoms with E-state index < -0.39 is 11.6 Å². The van der Waals surface area contributed by atoms with Crippen molar-refractivity contribution >= 4 is 22.5 Å². The molecule has 2 heterocycles. The average Bonchev–Trinajstić information content (AvgIpc) is 2.86. The predicted octanol–water partition coefficient (Wildman–Crippen LogP) is 4.99. The van der Waals surface area contributed by atoms with Gasteiger partial charge in [-0.2, -0.15) is 0 Å². The summed E-state index contributed by atoms with van der Waals surface area (Å²) in [5.41, 5.74) is 1.63. The molecule has 1 saturated heterocycles. The van der Waals surface area contributed by atoms with Crippen LogP contribution in [0.1, 0.15) is 12.5 Å². The second-order valence-corrected chi connectivity index (χ2v) is 8.72. The van der Waals surface area contributed by atoms with Gasteiger partial charge < -0.3 is 9.80 Å². The fraction of sp³-hybridized carbons (Fsp3) is 0.222. The third kappa shape index (κ3) is 4.56. The van der Waals surface area contributed by atoms with E-state index in [0.29, 0.717) is 25.3 Å². The minimum absolute atomic E-state index is 0.0554. The molecule has 5 rings (SSSR count). The summed E-state index contributed by atoms with van der Waals surface area (Å²) >= 11 is 0. The van der Waals surface area contributed by atoms with E-state index in [1.807, 2.05) is 31.2 Å². The Labute approximate surface area is 200 Å². The molecule has 178 valence electrons. The summed E-state index contributed by atoms with van der Waals surface area (Å²) < 4.78 is 40.6. The van der Waals surface area contributed by atoms with E-state index in [1.54, 1.807) is 17.0 Å². The van der Waals surface area contributed by atoms with Crippen LogP contribution in [0.5, 0.6) is 0 Å². The van der Waals surface area contributed by atoms with Crippen molar-refractivity contribution in [1.29, 1.82) is 0 Å². The number of benzene rings is 3. The molecule has 1 amide bonds. The summed E-state index contributed by atoms with van der Waals surface area (Å²) in [4.78, 5) is 16.6. The number of anilines is 1. The molecule has 8 heteroatoms. The number of fused-ring (bicyclic) bond motifs is 1. The second-order valence-electron chi connectivity index (χ2n) is 8.72. The lowest BCUT2D eigenvalue weighted by atomic mass is 10.0. The Kier molecular flexibility index (Phi) is 6.11. The zero-order chi connectivity index (χ0) is 24.5. The van der Waals surface area contributed by atoms with Crippen LogP contribution in [0.4, 0.5) is 19.0 Å². The lowest BCUT2D eigenvalue weighted by molar-refractivity contribution is -0.131. The summed E-state index contributed by atoms with van der Waals surface area (Å²) in [5.74, 6) is -1.18. The van der Waals surface area contributed by atoms with Gasteiger partial charge in [-0.15, -0.1) is 10.2 Å². The highest BCUT2D eigenvalue weighted by Gasteiger charge is 2.29. The van der Waals surface area contributed by atoms with Crippen LogP contribution in [0.3, 0.4) is 0 Å². The van der Waals surface area contributed by atoms with E-state index in [-0.39, 0.29) is 29.8 Å². The number of rotatable bonds is 4. The zero-order valence-corrected chi connectivity index (χ0v) is 19.1. The maximum Gasteiger partial charge on any atom is 0.227 e. The summed E-state index contributed by atoms with van der Waals surface area (Å²) in [7, 11) is 0. The number of halogens is 3. The first-order valence-electron chi connectivity index (χ1n) is 11.4. The normalized spacial score (nSPS) is 16.1. The lowest BCUT2D eigenvalue weighted by Crippen LogP contribution is -2.54. The second kappa shape index (κ2) is 9.37. The minimum atomic E-state index is -0.715. The molecule has 1 atom stereocenters. The molecule has 4 aromatic rings. The van der Waals surface area contributed by atoms with E-state index in [2.05, 4.69) is 15.1 Å². The molecule has 0 radical (unpaired) electrons. The third-order valence-electron chi connectivity index (χ3n) is 6.39. The van der Waals surface area contributed by atoms with E-state index >= 15 is 0 Å². The average molecular weight is 477 g/mol. The Morgan fingerprint density at radius 1 is 0.914 bits per heavy atom. The first-order valence-corrected chi connectivity index (χ1v) is 11.4. The van der Waals surface area contributed by atoms with Gasteiger partial charge in [0, 0.05) is 48.1 Å². The summed E-state index contributed by atoms with van der Waals surface area (Å²) in [6.07, 6.45) is -0.117. The van der Waals surface area contributed by atoms with Gasteiger partial charge >= 0.3 is 0 Å². The van der Waals surface area contributed by atoms with Gasteiger partial charge in [0.1, 0.15) is 23.1 Å². The number of carbonyl (C=O) groups excluding carboxylic acids is 1. The molecule has 0 unspecified atom stereocenters. The fourth-order valence-corrected chi connectivity index (χ4v) is 4.56. The van der Waals surface area contributed by atoms with Crippen LogP contribution in [0.2, 0.25) is 0 Å². The van der Waals surface area contributed by atoms with E-state index in [0.717, 1.165) is 34.3 Å². The van der Waals surface area contributed by atoms with E-state index in [1.165, 1.54) is 18.2 Å². The van der Waals surface area contributed by atoms with Gasteiger partial charge in [-0.05, 0) is 42.8 Å². The Hall–Kier alpha value is -3.94. The topological polar surface area (TPSA) is 49.3 Å². The van der Waals surface area contributed by atoms with Crippen molar-refractivity contribution in [3.05, 3.63) is 89.7 Å². The molecule has 0 aliphatic carbocycles. The summed E-state index contributed by atoms with van der Waals surface area (Å²) in [6, 6.07) is 17.2. The molecule has 5 nitrogen and oxygen atoms in total. The third-order valence-corrected chi connectivity index (χ3v) is 6.39. The highest BCUT2D eigenvalue weighted by molar-refractivity contribution is 6.00. The number of hydrogen-bond acceptors (Lipinski definition) is 4. The Balaban J connectivity index is 1.37. The van der Waals surface area contributed by atoms with Crippen molar-refractivity contribution in [2.75, 3.05) is 24.5 Å². The van der Waals surface area contributed by atoms with Crippen molar-refractivity contribution in [3.8, 4) is 11.3 Å². The van der Waals surface area contributed by atoms with Crippen LogP contribution in [0.25, 0.3) is 22.0 Å². The zero-order valence-electron chi connectivity index (χ0n) is 19.1. The monoisotopic (exact) mass is 476 g/mol. The number of aromatic nitrogens is 2. The van der Waals surface area contributed by atoms with Gasteiger partial charge in [0.15, 0.2) is 5.82 Å². The van der Waals surface area contributed by atoms with Crippen LogP contribution in [-0.4, -0.2) is 46.7 Å². The van der Waals surface area contributed by atoms with Crippen molar-refractivity contribution in [3.63, 3.8) is 0 Å². The maximum atomic E-state index is 14.0. The lowest BCUT2D eigenvalue weighted by Gasteiger charge is -2.40. The highest BCUT2D eigenvalue weighted by Crippen LogP contribution is 2.33. The SMILES string of the molecule is C[C@H]1CN(C(=O)Cc2ccc(F)cc2F)CCN1c1nnc(-c2ccc(F)cc2)c2ccccc12. The molecule has 1 aliphatic rings. The molecule has 0 spiro atoms. The van der Waals surface area contributed by atoms with Crippen LogP contribution in [0.15, 0.2) is 66.7 Å². The summed E-state index contributed by atoms with van der Waals surface area (Å²) in [5, 5.41) is 10.8. The number of amides is 1. The van der Waals surface area contributed by atoms with E-state index in [4.69, 9.17) is 0 Å². The molecule has 0 saturated carbocycles. The largest absolute Gasteiger partial charge is 0.348 e. The molecule has 1 fully saturated rings. The highest BCUT2D eigenvalue weighted by atomic mass is 19.1. The summed E-state index contributed by atoms with van der Waals surface area (Å²) in [6.45, 7) is 3.43. The quantitative estimate of drug-likeness (QED) is 0.416. The fourth-order valence-electron chi connectivity index (χ4n) is 4.56. The smallest absolute Gasteiger partial charge is 0.227 e. The van der Waals surface area contributed by atoms with Crippen molar-refractivity contribution in [2.45, 2.75) is 19.4 Å². The minimum Gasteiger partial charge on any atom is -0.348 e. The van der Waals surface area contributed by atoms with Crippen LogP contribution < -0.4 is 4.90 Å². The van der Waals surface area contributed by atoms with E-state index in [9.17, 15) is 18.0 Å². The van der Waals surface area contributed by atoms with Gasteiger partial charge in [-0.25, -0.2) is 13.2 Å². The number of hydrogen-bond donors (Lipinski definition) is 0. The van der Waals surface area contributed by atoms with Gasteiger partial charge in [-0.1, -0.05) is 30.3 Å².